The molecule has 0 spiro atoms. The van der Waals surface area contributed by atoms with E-state index in [9.17, 15) is 4.39 Å². The van der Waals surface area contributed by atoms with Crippen molar-refractivity contribution >= 4 is 5.96 Å². The fraction of sp³-hybridized carbons (Fsp3) is 0.500. The molecule has 0 saturated heterocycles. The van der Waals surface area contributed by atoms with Crippen molar-refractivity contribution in [1.29, 1.82) is 0 Å². The van der Waals surface area contributed by atoms with E-state index in [4.69, 9.17) is 0 Å². The van der Waals surface area contributed by atoms with E-state index in [1.54, 1.807) is 7.05 Å². The van der Waals surface area contributed by atoms with Crippen LogP contribution in [0.2, 0.25) is 0 Å². The minimum Gasteiger partial charge on any atom is -0.354 e. The minimum absolute atomic E-state index is 0.196. The molecule has 3 nitrogen and oxygen atoms in total. The lowest BCUT2D eigenvalue weighted by molar-refractivity contribution is 0.359. The van der Waals surface area contributed by atoms with Gasteiger partial charge in [0.2, 0.25) is 0 Å². The number of hydrogen-bond donors (Lipinski definition) is 1. The first-order valence-electron chi connectivity index (χ1n) is 6.38. The molecule has 0 unspecified atom stereocenters. The summed E-state index contributed by atoms with van der Waals surface area (Å²) in [7, 11) is 3.79. The molecule has 4 heteroatoms. The average molecular weight is 249 g/mol. The van der Waals surface area contributed by atoms with Gasteiger partial charge in [-0.2, -0.15) is 0 Å². The molecule has 1 aliphatic rings. The fourth-order valence-corrected chi connectivity index (χ4v) is 2.02. The van der Waals surface area contributed by atoms with Gasteiger partial charge >= 0.3 is 0 Å². The Balaban J connectivity index is 1.92. The molecule has 0 amide bonds. The Morgan fingerprint density at radius 1 is 1.39 bits per heavy atom. The Labute approximate surface area is 108 Å². The molecule has 0 radical (unpaired) electrons. The molecule has 1 aliphatic carbocycles. The fourth-order valence-electron chi connectivity index (χ4n) is 2.02. The van der Waals surface area contributed by atoms with Gasteiger partial charge in [-0.3, -0.25) is 4.99 Å². The number of benzene rings is 1. The number of nitrogens with zero attached hydrogens (tertiary/aromatic N) is 2. The summed E-state index contributed by atoms with van der Waals surface area (Å²) in [6.45, 7) is 0.729. The molecule has 2 rings (SSSR count). The third kappa shape index (κ3) is 3.22. The van der Waals surface area contributed by atoms with Crippen molar-refractivity contribution in [1.82, 2.24) is 10.2 Å². The van der Waals surface area contributed by atoms with Gasteiger partial charge in [0.25, 0.3) is 0 Å². The molecule has 0 heterocycles. The third-order valence-electron chi connectivity index (χ3n) is 3.34. The number of guanidine groups is 1. The second-order valence-corrected chi connectivity index (χ2v) is 4.80. The first kappa shape index (κ1) is 12.9. The Morgan fingerprint density at radius 3 is 2.56 bits per heavy atom. The van der Waals surface area contributed by atoms with Crippen molar-refractivity contribution in [3.8, 4) is 0 Å². The summed E-state index contributed by atoms with van der Waals surface area (Å²) in [5.74, 6) is 0.711. The third-order valence-corrected chi connectivity index (χ3v) is 3.34. The van der Waals surface area contributed by atoms with Crippen LogP contribution in [0.3, 0.4) is 0 Å². The molecule has 0 atom stereocenters. The second kappa shape index (κ2) is 5.85. The molecule has 1 aromatic rings. The molecule has 98 valence electrons. The maximum atomic E-state index is 12.8. The normalized spacial score (nSPS) is 16.3. The predicted octanol–water partition coefficient (Wildman–Crippen LogP) is 2.39. The van der Waals surface area contributed by atoms with Crippen molar-refractivity contribution < 1.29 is 4.39 Å². The number of hydrogen-bond acceptors (Lipinski definition) is 1. The summed E-state index contributed by atoms with van der Waals surface area (Å²) in [6, 6.07) is 7.17. The summed E-state index contributed by atoms with van der Waals surface area (Å²) in [5.41, 5.74) is 1.08. The topological polar surface area (TPSA) is 27.6 Å². The van der Waals surface area contributed by atoms with Crippen LogP contribution >= 0.6 is 0 Å². The first-order valence-corrected chi connectivity index (χ1v) is 6.38. The summed E-state index contributed by atoms with van der Waals surface area (Å²) in [4.78, 5) is 6.34. The highest BCUT2D eigenvalue weighted by molar-refractivity contribution is 5.80. The van der Waals surface area contributed by atoms with Gasteiger partial charge in [0.1, 0.15) is 5.82 Å². The van der Waals surface area contributed by atoms with E-state index in [0.29, 0.717) is 6.04 Å². The highest BCUT2D eigenvalue weighted by atomic mass is 19.1. The highest BCUT2D eigenvalue weighted by Crippen LogP contribution is 2.18. The van der Waals surface area contributed by atoms with E-state index >= 15 is 0 Å². The molecule has 1 saturated carbocycles. The summed E-state index contributed by atoms with van der Waals surface area (Å²) < 4.78 is 12.8. The number of halogens is 1. The summed E-state index contributed by atoms with van der Waals surface area (Å²) in [6.07, 6.45) is 3.75. The van der Waals surface area contributed by atoms with Crippen molar-refractivity contribution in [3.63, 3.8) is 0 Å². The number of nitrogens with one attached hydrogen (secondary N) is 1. The molecule has 1 aromatic carbocycles. The zero-order valence-electron chi connectivity index (χ0n) is 11.0. The number of aliphatic imine (C=N–C) groups is 1. The van der Waals surface area contributed by atoms with Crippen molar-refractivity contribution in [2.24, 2.45) is 4.99 Å². The monoisotopic (exact) mass is 249 g/mol. The first-order chi connectivity index (χ1) is 8.69. The largest absolute Gasteiger partial charge is 0.354 e. The molecule has 1 fully saturated rings. The Morgan fingerprint density at radius 2 is 2.06 bits per heavy atom. The van der Waals surface area contributed by atoms with Gasteiger partial charge in [-0.05, 0) is 37.0 Å². The van der Waals surface area contributed by atoms with Gasteiger partial charge in [-0.25, -0.2) is 4.39 Å². The van der Waals surface area contributed by atoms with Crippen LogP contribution in [0.25, 0.3) is 0 Å². The van der Waals surface area contributed by atoms with Crippen LogP contribution < -0.4 is 5.32 Å². The van der Waals surface area contributed by atoms with E-state index in [2.05, 4.69) is 15.2 Å². The van der Waals surface area contributed by atoms with Crippen LogP contribution in [-0.4, -0.2) is 31.0 Å². The van der Waals surface area contributed by atoms with E-state index in [1.807, 2.05) is 19.2 Å². The highest BCUT2D eigenvalue weighted by Gasteiger charge is 2.19. The SMILES string of the molecule is CN=C(NC1CCC1)N(C)Cc1ccc(F)cc1. The van der Waals surface area contributed by atoms with Gasteiger partial charge in [-0.1, -0.05) is 12.1 Å². The predicted molar refractivity (Wildman–Crippen MR) is 72.0 cm³/mol. The standard InChI is InChI=1S/C14H20FN3/c1-16-14(17-13-4-3-5-13)18(2)10-11-6-8-12(15)9-7-11/h6-9,13H,3-5,10H2,1-2H3,(H,16,17). The maximum Gasteiger partial charge on any atom is 0.193 e. The molecule has 0 aromatic heterocycles. The van der Waals surface area contributed by atoms with Gasteiger partial charge in [0, 0.05) is 26.7 Å². The van der Waals surface area contributed by atoms with Crippen LogP contribution in [0.15, 0.2) is 29.3 Å². The Hall–Kier alpha value is -1.58. The van der Waals surface area contributed by atoms with E-state index in [-0.39, 0.29) is 5.82 Å². The van der Waals surface area contributed by atoms with Gasteiger partial charge in [-0.15, -0.1) is 0 Å². The molecule has 18 heavy (non-hydrogen) atoms. The maximum absolute atomic E-state index is 12.8. The lowest BCUT2D eigenvalue weighted by atomic mass is 9.93. The minimum atomic E-state index is -0.196. The van der Waals surface area contributed by atoms with Crippen molar-refractivity contribution in [3.05, 3.63) is 35.6 Å². The van der Waals surface area contributed by atoms with E-state index < -0.39 is 0 Å². The van der Waals surface area contributed by atoms with Gasteiger partial charge in [0.05, 0.1) is 0 Å². The number of rotatable bonds is 3. The average Bonchev–Trinajstić information content (AvgIpc) is 2.31. The van der Waals surface area contributed by atoms with Crippen molar-refractivity contribution in [2.75, 3.05) is 14.1 Å². The summed E-state index contributed by atoms with van der Waals surface area (Å²) >= 11 is 0. The molecule has 0 aliphatic heterocycles. The van der Waals surface area contributed by atoms with Crippen LogP contribution in [0.1, 0.15) is 24.8 Å². The van der Waals surface area contributed by atoms with Crippen LogP contribution in [0.4, 0.5) is 4.39 Å². The lowest BCUT2D eigenvalue weighted by Gasteiger charge is -2.31. The van der Waals surface area contributed by atoms with Crippen LogP contribution in [0, 0.1) is 5.82 Å². The molecular formula is C14H20FN3. The smallest absolute Gasteiger partial charge is 0.193 e. The van der Waals surface area contributed by atoms with Crippen molar-refractivity contribution in [2.45, 2.75) is 31.8 Å². The molecular weight excluding hydrogens is 229 g/mol. The summed E-state index contributed by atoms with van der Waals surface area (Å²) in [5, 5.41) is 3.44. The quantitative estimate of drug-likeness (QED) is 0.658. The molecule has 0 bridgehead atoms. The van der Waals surface area contributed by atoms with E-state index in [0.717, 1.165) is 18.1 Å². The zero-order chi connectivity index (χ0) is 13.0. The molecule has 1 N–H and O–H groups in total. The van der Waals surface area contributed by atoms with Crippen LogP contribution in [-0.2, 0) is 6.54 Å². The Bertz CT molecular complexity index is 410. The lowest BCUT2D eigenvalue weighted by Crippen LogP contribution is -2.46. The Kier molecular flexibility index (Phi) is 4.18. The zero-order valence-corrected chi connectivity index (χ0v) is 11.0. The van der Waals surface area contributed by atoms with Crippen LogP contribution in [0.5, 0.6) is 0 Å². The van der Waals surface area contributed by atoms with E-state index in [1.165, 1.54) is 31.4 Å². The second-order valence-electron chi connectivity index (χ2n) is 4.80. The van der Waals surface area contributed by atoms with Gasteiger partial charge < -0.3 is 10.2 Å². The van der Waals surface area contributed by atoms with Gasteiger partial charge in [0.15, 0.2) is 5.96 Å².